The van der Waals surface area contributed by atoms with Crippen LogP contribution in [0, 0.1) is 0 Å². The van der Waals surface area contributed by atoms with Crippen molar-refractivity contribution in [3.05, 3.63) is 381 Å². The molecule has 22 rings (SSSR count). The number of hydrogen-bond donors (Lipinski definition) is 0. The lowest BCUT2D eigenvalue weighted by molar-refractivity contribution is 0.660. The van der Waals surface area contributed by atoms with Gasteiger partial charge in [0.15, 0.2) is 23.3 Å². The smallest absolute Gasteiger partial charge is 0.164 e. The van der Waals surface area contributed by atoms with Crippen molar-refractivity contribution in [1.82, 2.24) is 24.9 Å². The van der Waals surface area contributed by atoms with Gasteiger partial charge in [-0.1, -0.05) is 287 Å². The van der Waals surface area contributed by atoms with Gasteiger partial charge in [0, 0.05) is 71.1 Å². The van der Waals surface area contributed by atoms with E-state index in [1.165, 1.54) is 33.4 Å². The van der Waals surface area contributed by atoms with Crippen LogP contribution in [0.2, 0.25) is 0 Å². The number of aromatic nitrogens is 5. The topological polar surface area (TPSA) is 104 Å². The summed E-state index contributed by atoms with van der Waals surface area (Å²) in [7, 11) is 0. The first kappa shape index (κ1) is 66.0. The molecule has 0 saturated heterocycles. The Hall–Kier alpha value is -15.0. The van der Waals surface area contributed by atoms with E-state index >= 15 is 0 Å². The van der Waals surface area contributed by atoms with Gasteiger partial charge in [-0.3, -0.25) is 0 Å². The largest absolute Gasteiger partial charge is 0.456 e. The molecule has 5 aromatic heterocycles. The zero-order valence-electron chi connectivity index (χ0n) is 62.2. The van der Waals surface area contributed by atoms with E-state index in [-0.39, 0.29) is 5.41 Å². The highest BCUT2D eigenvalue weighted by Crippen LogP contribution is 2.50. The number of nitrogens with zero attached hydrogens (tertiary/aromatic N) is 5. The monoisotopic (exact) mass is 1460 g/mol. The van der Waals surface area contributed by atoms with E-state index in [4.69, 9.17) is 38.2 Å². The van der Waals surface area contributed by atoms with E-state index < -0.39 is 0 Å². The first-order valence-electron chi connectivity index (χ1n) is 38.6. The Bertz CT molecular complexity index is 7290. The second kappa shape index (κ2) is 26.7. The molecular formula is C106H67N5O3. The second-order valence-corrected chi connectivity index (χ2v) is 30.3. The normalized spacial score (nSPS) is 12.4. The molecule has 0 radical (unpaired) electrons. The van der Waals surface area contributed by atoms with Gasteiger partial charge in [0.05, 0.1) is 11.4 Å². The van der Waals surface area contributed by atoms with Crippen LogP contribution in [0.15, 0.2) is 383 Å². The van der Waals surface area contributed by atoms with Gasteiger partial charge in [-0.25, -0.2) is 24.9 Å². The van der Waals surface area contributed by atoms with Gasteiger partial charge >= 0.3 is 0 Å². The molecule has 0 spiro atoms. The maximum absolute atomic E-state index is 6.81. The minimum absolute atomic E-state index is 0.0762. The summed E-state index contributed by atoms with van der Waals surface area (Å²) in [6.45, 7) is 4.66. The van der Waals surface area contributed by atoms with E-state index in [1.807, 2.05) is 42.5 Å². The van der Waals surface area contributed by atoms with Crippen molar-refractivity contribution in [3.63, 3.8) is 0 Å². The van der Waals surface area contributed by atoms with E-state index in [0.29, 0.717) is 23.3 Å². The van der Waals surface area contributed by atoms with E-state index in [0.717, 1.165) is 177 Å². The van der Waals surface area contributed by atoms with Crippen LogP contribution in [0.3, 0.4) is 0 Å². The van der Waals surface area contributed by atoms with Crippen LogP contribution in [-0.2, 0) is 5.41 Å². The summed E-state index contributed by atoms with van der Waals surface area (Å²) in [6, 6.07) is 131. The molecule has 1 aliphatic rings. The van der Waals surface area contributed by atoms with Crippen molar-refractivity contribution in [1.29, 1.82) is 0 Å². The number of para-hydroxylation sites is 1. The highest BCUT2D eigenvalue weighted by molar-refractivity contribution is 6.11. The van der Waals surface area contributed by atoms with E-state index in [9.17, 15) is 0 Å². The molecule has 0 aliphatic heterocycles. The summed E-state index contributed by atoms with van der Waals surface area (Å²) in [5.41, 5.74) is 32.7. The summed E-state index contributed by atoms with van der Waals surface area (Å²) in [6.07, 6.45) is 0. The van der Waals surface area contributed by atoms with Crippen LogP contribution in [0.25, 0.3) is 223 Å². The quantitative estimate of drug-likeness (QED) is 0.112. The molecule has 21 aromatic rings. The predicted octanol–water partition coefficient (Wildman–Crippen LogP) is 28.3. The number of furan rings is 3. The Morgan fingerprint density at radius 3 is 1.01 bits per heavy atom. The first-order valence-corrected chi connectivity index (χ1v) is 38.6. The molecule has 0 unspecified atom stereocenters. The molecule has 534 valence electrons. The van der Waals surface area contributed by atoms with Gasteiger partial charge < -0.3 is 13.3 Å². The number of fused-ring (bicyclic) bond motifs is 12. The Morgan fingerprint density at radius 2 is 0.482 bits per heavy atom. The van der Waals surface area contributed by atoms with E-state index in [2.05, 4.69) is 341 Å². The van der Waals surface area contributed by atoms with Crippen molar-refractivity contribution < 1.29 is 13.3 Å². The molecule has 8 heteroatoms. The molecule has 5 heterocycles. The molecule has 0 N–H and O–H groups in total. The van der Waals surface area contributed by atoms with E-state index in [1.54, 1.807) is 0 Å². The highest BCUT2D eigenvalue weighted by Gasteiger charge is 2.35. The minimum Gasteiger partial charge on any atom is -0.456 e. The van der Waals surface area contributed by atoms with Gasteiger partial charge in [0.1, 0.15) is 33.5 Å². The van der Waals surface area contributed by atoms with Crippen molar-refractivity contribution in [3.8, 4) is 157 Å². The summed E-state index contributed by atoms with van der Waals surface area (Å²) in [5.74, 6) is 2.38. The second-order valence-electron chi connectivity index (χ2n) is 30.3. The van der Waals surface area contributed by atoms with Crippen LogP contribution in [-0.4, -0.2) is 24.9 Å². The number of hydrogen-bond acceptors (Lipinski definition) is 8. The van der Waals surface area contributed by atoms with Gasteiger partial charge in [-0.05, 0) is 197 Å². The Labute approximate surface area is 657 Å². The zero-order chi connectivity index (χ0) is 75.5. The zero-order valence-corrected chi connectivity index (χ0v) is 62.2. The fraction of sp³-hybridized carbons (Fsp3) is 0.0283. The summed E-state index contributed by atoms with van der Waals surface area (Å²) < 4.78 is 19.7. The van der Waals surface area contributed by atoms with Crippen molar-refractivity contribution in [2.45, 2.75) is 19.3 Å². The molecule has 114 heavy (non-hydrogen) atoms. The van der Waals surface area contributed by atoms with Gasteiger partial charge in [0.2, 0.25) is 0 Å². The molecule has 0 atom stereocenters. The molecule has 0 amide bonds. The van der Waals surface area contributed by atoms with Crippen molar-refractivity contribution in [2.75, 3.05) is 0 Å². The Morgan fingerprint density at radius 1 is 0.175 bits per heavy atom. The average Bonchev–Trinajstić information content (AvgIpc) is 1.58. The molecule has 0 bridgehead atoms. The molecule has 0 saturated carbocycles. The van der Waals surface area contributed by atoms with Crippen LogP contribution >= 0.6 is 0 Å². The number of rotatable bonds is 13. The lowest BCUT2D eigenvalue weighted by atomic mass is 9.81. The Kier molecular flexibility index (Phi) is 15.4. The third-order valence-corrected chi connectivity index (χ3v) is 23.0. The van der Waals surface area contributed by atoms with Gasteiger partial charge in [-0.2, -0.15) is 0 Å². The molecule has 16 aromatic carbocycles. The maximum atomic E-state index is 6.81. The summed E-state index contributed by atoms with van der Waals surface area (Å²) in [4.78, 5) is 26.4. The lowest BCUT2D eigenvalue weighted by Gasteiger charge is -2.22. The molecular weight excluding hydrogens is 1390 g/mol. The lowest BCUT2D eigenvalue weighted by Crippen LogP contribution is -2.14. The third kappa shape index (κ3) is 11.7. The third-order valence-electron chi connectivity index (χ3n) is 23.0. The SMILES string of the molecule is CC1(C)c2ccccc2-c2ccc(-c3ccc(-c4cc(-c5ccc(-c6ccc7oc8ccc(-c9ccc%10c(c9)oc9ccc(-c%11cc(-c%12ccc%13oc%14ccccc%14c%13c%12)cc(-c%12nc(-c%13ccc(-c%14ccccc%14)cc%13)nc(-c%13ccc(-c%14ccccc%14)cc%13)n%12)c%11)cc9%10)cc8c7c6)cc5)nc(-c5ccccc5)n4)cc3)cc21. The fourth-order valence-electron chi connectivity index (χ4n) is 16.9. The van der Waals surface area contributed by atoms with Gasteiger partial charge in [-0.15, -0.1) is 0 Å². The first-order chi connectivity index (χ1) is 56.1. The molecule has 0 fully saturated rings. The van der Waals surface area contributed by atoms with Crippen molar-refractivity contribution in [2.24, 2.45) is 0 Å². The highest BCUT2D eigenvalue weighted by atomic mass is 16.3. The Balaban J connectivity index is 0.583. The summed E-state index contributed by atoms with van der Waals surface area (Å²) in [5, 5.41) is 6.21. The van der Waals surface area contributed by atoms with Crippen LogP contribution in [0.4, 0.5) is 0 Å². The average molecular weight is 1460 g/mol. The van der Waals surface area contributed by atoms with Crippen LogP contribution < -0.4 is 0 Å². The number of benzene rings is 16. The predicted molar refractivity (Wildman–Crippen MR) is 465 cm³/mol. The van der Waals surface area contributed by atoms with Gasteiger partial charge in [0.25, 0.3) is 0 Å². The van der Waals surface area contributed by atoms with Crippen LogP contribution in [0.1, 0.15) is 25.0 Å². The summed E-state index contributed by atoms with van der Waals surface area (Å²) >= 11 is 0. The fourth-order valence-corrected chi connectivity index (χ4v) is 16.9. The molecule has 8 nitrogen and oxygen atoms in total. The molecule has 1 aliphatic carbocycles. The standard InChI is InChI=1S/C106H67N5O3/c1-106(2)92-24-14-12-22-84(92)85-48-42-79(61-93(85)106)69-28-36-71(37-29-69)95-63-94(107-102(108-95)72-20-10-5-11-21-72)70-34-26-68(27-35-70)75-44-50-99-90(57-75)91-58-76(45-51-100(91)113-99)80-43-49-87-89-60-78(47-53-98(89)114-101(87)62-80)82-54-81(77-46-52-97-88(59-77)86-23-13-15-25-96(86)112-97)55-83(56-82)105-110-103(73-38-30-66(31-39-73)64-16-6-3-7-17-64)109-104(111-105)74-40-32-67(33-41-74)65-18-8-4-9-19-65/h3-63H,1-2H3. The van der Waals surface area contributed by atoms with Crippen molar-refractivity contribution >= 4 is 65.8 Å². The van der Waals surface area contributed by atoms with Crippen LogP contribution in [0.5, 0.6) is 0 Å². The minimum atomic E-state index is -0.0762. The maximum Gasteiger partial charge on any atom is 0.164 e.